The first kappa shape index (κ1) is 17.8. The average Bonchev–Trinajstić information content (AvgIpc) is 3.25. The summed E-state index contributed by atoms with van der Waals surface area (Å²) in [4.78, 5) is 0. The maximum atomic E-state index is 9.09. The zero-order valence-electron chi connectivity index (χ0n) is 23.0. The number of nitrogens with zero attached hydrogens (tertiary/aromatic N) is 1. The highest BCUT2D eigenvalue weighted by Gasteiger charge is 2.24. The third-order valence-electron chi connectivity index (χ3n) is 7.86. The van der Waals surface area contributed by atoms with Crippen LogP contribution in [0.25, 0.3) is 33.2 Å². The molecule has 2 heterocycles. The van der Waals surface area contributed by atoms with Crippen LogP contribution in [-0.2, 0) is 7.05 Å². The molecule has 0 aliphatic heterocycles. The van der Waals surface area contributed by atoms with Crippen LogP contribution in [0.15, 0.2) is 53.1 Å². The number of aromatic nitrogens is 1. The lowest BCUT2D eigenvalue weighted by molar-refractivity contribution is -0.660. The summed E-state index contributed by atoms with van der Waals surface area (Å²) in [5.41, 5.74) is 6.51. The molecule has 0 atom stereocenters. The van der Waals surface area contributed by atoms with Gasteiger partial charge in [-0.25, -0.2) is 4.57 Å². The Kier molecular flexibility index (Phi) is 4.66. The van der Waals surface area contributed by atoms with Gasteiger partial charge >= 0.3 is 0 Å². The molecule has 33 heavy (non-hydrogen) atoms. The fourth-order valence-electron chi connectivity index (χ4n) is 5.98. The van der Waals surface area contributed by atoms with Gasteiger partial charge in [0.1, 0.15) is 18.2 Å². The van der Waals surface area contributed by atoms with E-state index >= 15 is 0 Å². The van der Waals surface area contributed by atoms with Crippen molar-refractivity contribution in [2.45, 2.75) is 82.9 Å². The first-order valence-corrected chi connectivity index (χ1v) is 12.8. The molecule has 2 heteroatoms. The van der Waals surface area contributed by atoms with Crippen molar-refractivity contribution in [3.05, 3.63) is 65.3 Å². The van der Waals surface area contributed by atoms with Crippen LogP contribution in [0.5, 0.6) is 0 Å². The molecule has 2 fully saturated rings. The van der Waals surface area contributed by atoms with Crippen LogP contribution in [0.2, 0.25) is 0 Å². The molecule has 0 bridgehead atoms. The Balaban J connectivity index is 1.50. The van der Waals surface area contributed by atoms with Crippen molar-refractivity contribution in [1.29, 1.82) is 0 Å². The highest BCUT2D eigenvalue weighted by Crippen LogP contribution is 2.40. The molecule has 0 N–H and O–H groups in total. The number of hydrogen-bond acceptors (Lipinski definition) is 1. The van der Waals surface area contributed by atoms with Crippen LogP contribution in [0.1, 0.15) is 96.8 Å². The highest BCUT2D eigenvalue weighted by molar-refractivity contribution is 6.09. The average molecular weight is 442 g/mol. The Labute approximate surface area is 201 Å². The molecule has 2 aromatic heterocycles. The molecule has 4 aromatic rings. The molecular formula is C31H36NO+. The van der Waals surface area contributed by atoms with Crippen molar-refractivity contribution >= 4 is 21.9 Å². The smallest absolute Gasteiger partial charge is 0.216 e. The van der Waals surface area contributed by atoms with E-state index in [1.807, 2.05) is 6.07 Å². The largest absolute Gasteiger partial charge is 0.455 e. The Morgan fingerprint density at radius 3 is 2.15 bits per heavy atom. The van der Waals surface area contributed by atoms with Crippen molar-refractivity contribution in [2.75, 3.05) is 0 Å². The van der Waals surface area contributed by atoms with Gasteiger partial charge < -0.3 is 4.42 Å². The monoisotopic (exact) mass is 441 g/mol. The Morgan fingerprint density at radius 1 is 0.818 bits per heavy atom. The number of pyridine rings is 1. The summed E-state index contributed by atoms with van der Waals surface area (Å²) in [6.45, 7) is 2.11. The van der Waals surface area contributed by atoms with Gasteiger partial charge in [0.2, 0.25) is 5.69 Å². The minimum atomic E-state index is -0.686. The topological polar surface area (TPSA) is 17.0 Å². The van der Waals surface area contributed by atoms with E-state index in [4.69, 9.17) is 8.53 Å². The maximum absolute atomic E-state index is 9.09. The van der Waals surface area contributed by atoms with Gasteiger partial charge in [0, 0.05) is 25.1 Å². The van der Waals surface area contributed by atoms with Crippen molar-refractivity contribution in [1.82, 2.24) is 0 Å². The number of fused-ring (bicyclic) bond motifs is 3. The number of hydrogen-bond donors (Lipinski definition) is 0. The normalized spacial score (nSPS) is 21.6. The van der Waals surface area contributed by atoms with Gasteiger partial charge in [0.15, 0.2) is 6.20 Å². The molecular weight excluding hydrogens is 402 g/mol. The maximum Gasteiger partial charge on any atom is 0.216 e. The third-order valence-corrected chi connectivity index (χ3v) is 7.86. The van der Waals surface area contributed by atoms with Gasteiger partial charge in [-0.3, -0.25) is 0 Å². The van der Waals surface area contributed by atoms with Crippen molar-refractivity contribution in [3.63, 3.8) is 0 Å². The SMILES string of the molecule is [2H]c1c(C2([2H])CCCCC2)ccc2c1oc1c(-c3ccc(C4([2H])CCCCC4)c[n+]3C)c(C)ccc12. The first-order valence-electron chi connectivity index (χ1n) is 14.3. The van der Waals surface area contributed by atoms with Crippen LogP contribution in [-0.4, -0.2) is 0 Å². The second-order valence-corrected chi connectivity index (χ2v) is 10.1. The molecule has 2 aliphatic rings. The van der Waals surface area contributed by atoms with E-state index in [9.17, 15) is 0 Å². The lowest BCUT2D eigenvalue weighted by Crippen LogP contribution is -2.32. The van der Waals surface area contributed by atoms with Gasteiger partial charge in [-0.2, -0.15) is 0 Å². The van der Waals surface area contributed by atoms with Crippen molar-refractivity contribution in [2.24, 2.45) is 7.05 Å². The first-order chi connectivity index (χ1) is 17.3. The van der Waals surface area contributed by atoms with Crippen molar-refractivity contribution < 1.29 is 13.1 Å². The van der Waals surface area contributed by atoms with E-state index in [0.29, 0.717) is 11.6 Å². The van der Waals surface area contributed by atoms with E-state index in [0.717, 1.165) is 95.7 Å². The van der Waals surface area contributed by atoms with E-state index in [1.54, 1.807) is 0 Å². The predicted octanol–water partition coefficient (Wildman–Crippen LogP) is 8.48. The molecule has 2 aliphatic carbocycles. The molecule has 0 unspecified atom stereocenters. The molecule has 2 nitrogen and oxygen atoms in total. The second-order valence-electron chi connectivity index (χ2n) is 10.1. The molecule has 2 saturated carbocycles. The minimum Gasteiger partial charge on any atom is -0.455 e. The summed E-state index contributed by atoms with van der Waals surface area (Å²) in [7, 11) is 2.06. The lowest BCUT2D eigenvalue weighted by Gasteiger charge is -2.21. The van der Waals surface area contributed by atoms with Gasteiger partial charge in [0.25, 0.3) is 0 Å². The summed E-state index contributed by atoms with van der Waals surface area (Å²) < 4.78 is 35.8. The van der Waals surface area contributed by atoms with Crippen LogP contribution >= 0.6 is 0 Å². The van der Waals surface area contributed by atoms with Crippen LogP contribution < -0.4 is 4.57 Å². The van der Waals surface area contributed by atoms with Crippen molar-refractivity contribution in [3.8, 4) is 11.3 Å². The van der Waals surface area contributed by atoms with Gasteiger partial charge in [-0.15, -0.1) is 0 Å². The Morgan fingerprint density at radius 2 is 1.45 bits per heavy atom. The Bertz CT molecular complexity index is 1460. The fourth-order valence-corrected chi connectivity index (χ4v) is 5.98. The van der Waals surface area contributed by atoms with Gasteiger partial charge in [-0.1, -0.05) is 62.8 Å². The summed E-state index contributed by atoms with van der Waals surface area (Å²) in [5, 5.41) is 1.97. The number of furan rings is 1. The van der Waals surface area contributed by atoms with Gasteiger partial charge in [0.05, 0.1) is 6.93 Å². The molecule has 170 valence electrons. The number of benzene rings is 2. The zero-order valence-corrected chi connectivity index (χ0v) is 20.0. The van der Waals surface area contributed by atoms with E-state index in [2.05, 4.69) is 55.1 Å². The number of rotatable bonds is 3. The van der Waals surface area contributed by atoms with Gasteiger partial charge in [-0.05, 0) is 67.6 Å². The fraction of sp³-hybridized carbons (Fsp3) is 0.452. The minimum absolute atomic E-state index is 0.373. The standard InChI is InChI=1S/C31H36NO/c1-21-13-16-27-26-17-14-24(22-9-5-3-6-10-22)19-29(26)33-31(27)30(21)28-18-15-25(20-32(28)2)23-11-7-4-8-12-23/h13-20,22-23H,3-12H2,1-2H3/q+1/i19D,22D,23D. The summed E-state index contributed by atoms with van der Waals surface area (Å²) in [6, 6.07) is 13.0. The quantitative estimate of drug-likeness (QED) is 0.291. The second kappa shape index (κ2) is 8.63. The summed E-state index contributed by atoms with van der Waals surface area (Å²) in [6.07, 6.45) is 12.4. The predicted molar refractivity (Wildman–Crippen MR) is 137 cm³/mol. The van der Waals surface area contributed by atoms with Crippen LogP contribution in [0.4, 0.5) is 0 Å². The highest BCUT2D eigenvalue weighted by atomic mass is 16.3. The van der Waals surface area contributed by atoms with E-state index in [1.165, 1.54) is 12.8 Å². The molecule has 0 radical (unpaired) electrons. The van der Waals surface area contributed by atoms with E-state index in [-0.39, 0.29) is 0 Å². The third kappa shape index (κ3) is 3.78. The number of aryl methyl sites for hydroxylation is 2. The molecule has 0 amide bonds. The molecule has 0 saturated heterocycles. The lowest BCUT2D eigenvalue weighted by atomic mass is 9.84. The molecule has 0 spiro atoms. The van der Waals surface area contributed by atoms with Crippen LogP contribution in [0, 0.1) is 6.92 Å². The summed E-state index contributed by atoms with van der Waals surface area (Å²) in [5.74, 6) is -1.17. The molecule has 6 rings (SSSR count). The summed E-state index contributed by atoms with van der Waals surface area (Å²) >= 11 is 0. The van der Waals surface area contributed by atoms with Crippen LogP contribution in [0.3, 0.4) is 0 Å². The Hall–Kier alpha value is -2.61. The molecule has 2 aromatic carbocycles. The zero-order chi connectivity index (χ0) is 25.1. The van der Waals surface area contributed by atoms with E-state index < -0.39 is 11.8 Å².